The number of ether oxygens (including phenoxy) is 1. The molecule has 0 fully saturated rings. The van der Waals surface area contributed by atoms with E-state index in [4.69, 9.17) is 10.00 Å². The maximum Gasteiger partial charge on any atom is 0.125 e. The van der Waals surface area contributed by atoms with Gasteiger partial charge in [0, 0.05) is 6.42 Å². The Morgan fingerprint density at radius 3 is 2.53 bits per heavy atom. The van der Waals surface area contributed by atoms with Gasteiger partial charge in [-0.3, -0.25) is 0 Å². The predicted octanol–water partition coefficient (Wildman–Crippen LogP) is 3.29. The molecule has 0 radical (unpaired) electrons. The summed E-state index contributed by atoms with van der Waals surface area (Å²) in [4.78, 5) is 0. The van der Waals surface area contributed by atoms with Gasteiger partial charge < -0.3 is 4.74 Å². The second-order valence-corrected chi connectivity index (χ2v) is 3.76. The van der Waals surface area contributed by atoms with Crippen LogP contribution in [-0.2, 0) is 0 Å². The van der Waals surface area contributed by atoms with Crippen LogP contribution in [0.3, 0.4) is 0 Å². The van der Waals surface area contributed by atoms with E-state index in [1.54, 1.807) is 0 Å². The lowest BCUT2D eigenvalue weighted by atomic mass is 10.1. The highest BCUT2D eigenvalue weighted by Gasteiger charge is 2.05. The number of nitrogens with zero attached hydrogens (tertiary/aromatic N) is 1. The van der Waals surface area contributed by atoms with Gasteiger partial charge in [0.05, 0.1) is 12.7 Å². The maximum absolute atomic E-state index is 8.41. The quantitative estimate of drug-likeness (QED) is 0.703. The summed E-state index contributed by atoms with van der Waals surface area (Å²) in [5.41, 5.74) is 3.61. The first kappa shape index (κ1) is 11.6. The number of unbranched alkanes of at least 4 members (excludes halogenated alkanes) is 1. The Morgan fingerprint density at radius 1 is 1.20 bits per heavy atom. The topological polar surface area (TPSA) is 33.0 Å². The number of benzene rings is 1. The third kappa shape index (κ3) is 2.99. The monoisotopic (exact) mass is 203 g/mol. The Kier molecular flexibility index (Phi) is 4.17. The molecule has 80 valence electrons. The first-order valence-electron chi connectivity index (χ1n) is 5.23. The largest absolute Gasteiger partial charge is 0.493 e. The molecule has 1 rings (SSSR count). The first-order valence-corrected chi connectivity index (χ1v) is 5.23. The van der Waals surface area contributed by atoms with Crippen LogP contribution in [0.15, 0.2) is 12.1 Å². The smallest absolute Gasteiger partial charge is 0.125 e. The third-order valence-corrected chi connectivity index (χ3v) is 2.55. The molecule has 2 heteroatoms. The molecule has 0 heterocycles. The lowest BCUT2D eigenvalue weighted by Crippen LogP contribution is -2.01. The van der Waals surface area contributed by atoms with E-state index in [0.717, 1.165) is 17.7 Å². The summed E-state index contributed by atoms with van der Waals surface area (Å²) in [6, 6.07) is 6.29. The number of aryl methyl sites for hydroxylation is 2. The molecule has 0 aromatic heterocycles. The van der Waals surface area contributed by atoms with Crippen molar-refractivity contribution in [1.82, 2.24) is 0 Å². The summed E-state index contributed by atoms with van der Waals surface area (Å²) < 4.78 is 5.70. The minimum atomic E-state index is 0.559. The second-order valence-electron chi connectivity index (χ2n) is 3.76. The van der Waals surface area contributed by atoms with Gasteiger partial charge in [0.15, 0.2) is 0 Å². The summed E-state index contributed by atoms with van der Waals surface area (Å²) in [5.74, 6) is 0.980. The zero-order valence-corrected chi connectivity index (χ0v) is 9.63. The normalized spacial score (nSPS) is 9.73. The van der Waals surface area contributed by atoms with Gasteiger partial charge in [-0.25, -0.2) is 0 Å². The van der Waals surface area contributed by atoms with E-state index in [1.165, 1.54) is 11.1 Å². The van der Waals surface area contributed by atoms with Gasteiger partial charge >= 0.3 is 0 Å². The lowest BCUT2D eigenvalue weighted by Gasteiger charge is -2.13. The van der Waals surface area contributed by atoms with E-state index in [9.17, 15) is 0 Å². The molecule has 0 aliphatic rings. The van der Waals surface area contributed by atoms with E-state index in [-0.39, 0.29) is 0 Å². The van der Waals surface area contributed by atoms with Crippen LogP contribution in [0.2, 0.25) is 0 Å². The van der Waals surface area contributed by atoms with Crippen molar-refractivity contribution < 1.29 is 4.74 Å². The van der Waals surface area contributed by atoms with Gasteiger partial charge in [-0.2, -0.15) is 5.26 Å². The molecular weight excluding hydrogens is 186 g/mol. The molecule has 0 N–H and O–H groups in total. The molecule has 1 aromatic rings. The molecule has 0 amide bonds. The van der Waals surface area contributed by atoms with Crippen LogP contribution in [-0.4, -0.2) is 6.61 Å². The Bertz CT molecular complexity index is 377. The zero-order chi connectivity index (χ0) is 11.3. The van der Waals surface area contributed by atoms with Crippen molar-refractivity contribution >= 4 is 0 Å². The standard InChI is InChI=1S/C13H17NO/c1-10-6-7-11(2)13(12(10)3)15-9-5-4-8-14/h6-7H,4-5,9H2,1-3H3. The second kappa shape index (κ2) is 5.41. The molecule has 0 spiro atoms. The summed E-state index contributed by atoms with van der Waals surface area (Å²) in [5, 5.41) is 8.41. The van der Waals surface area contributed by atoms with E-state index >= 15 is 0 Å². The van der Waals surface area contributed by atoms with E-state index in [2.05, 4.69) is 32.0 Å². The summed E-state index contributed by atoms with van der Waals surface area (Å²) >= 11 is 0. The Morgan fingerprint density at radius 2 is 1.87 bits per heavy atom. The van der Waals surface area contributed by atoms with Crippen LogP contribution in [0, 0.1) is 32.1 Å². The van der Waals surface area contributed by atoms with Crippen molar-refractivity contribution in [3.05, 3.63) is 28.8 Å². The highest BCUT2D eigenvalue weighted by molar-refractivity contribution is 5.44. The molecule has 0 saturated carbocycles. The molecule has 0 saturated heterocycles. The highest BCUT2D eigenvalue weighted by atomic mass is 16.5. The molecule has 0 aliphatic heterocycles. The van der Waals surface area contributed by atoms with Crippen molar-refractivity contribution in [2.45, 2.75) is 33.6 Å². The zero-order valence-electron chi connectivity index (χ0n) is 9.63. The van der Waals surface area contributed by atoms with Crippen LogP contribution < -0.4 is 4.74 Å². The highest BCUT2D eigenvalue weighted by Crippen LogP contribution is 2.25. The molecule has 0 atom stereocenters. The van der Waals surface area contributed by atoms with Crippen molar-refractivity contribution in [3.63, 3.8) is 0 Å². The fraction of sp³-hybridized carbons (Fsp3) is 0.462. The average Bonchev–Trinajstić information content (AvgIpc) is 2.23. The van der Waals surface area contributed by atoms with E-state index < -0.39 is 0 Å². The Hall–Kier alpha value is -1.49. The summed E-state index contributed by atoms with van der Waals surface area (Å²) in [6.45, 7) is 6.82. The van der Waals surface area contributed by atoms with Crippen LogP contribution in [0.1, 0.15) is 29.5 Å². The van der Waals surface area contributed by atoms with Crippen LogP contribution in [0.4, 0.5) is 0 Å². The Balaban J connectivity index is 2.68. The molecule has 15 heavy (non-hydrogen) atoms. The number of hydrogen-bond acceptors (Lipinski definition) is 2. The van der Waals surface area contributed by atoms with Crippen molar-refractivity contribution in [1.29, 1.82) is 5.26 Å². The minimum absolute atomic E-state index is 0.559. The summed E-state index contributed by atoms with van der Waals surface area (Å²) in [6.07, 6.45) is 1.35. The summed E-state index contributed by atoms with van der Waals surface area (Å²) in [7, 11) is 0. The molecule has 0 bridgehead atoms. The van der Waals surface area contributed by atoms with Crippen molar-refractivity contribution in [2.75, 3.05) is 6.61 Å². The van der Waals surface area contributed by atoms with Crippen molar-refractivity contribution in [3.8, 4) is 11.8 Å². The van der Waals surface area contributed by atoms with Crippen molar-refractivity contribution in [2.24, 2.45) is 0 Å². The van der Waals surface area contributed by atoms with E-state index in [1.807, 2.05) is 6.92 Å². The molecule has 0 aliphatic carbocycles. The van der Waals surface area contributed by atoms with E-state index in [0.29, 0.717) is 13.0 Å². The molecular formula is C13H17NO. The number of nitriles is 1. The fourth-order valence-electron chi connectivity index (χ4n) is 1.47. The van der Waals surface area contributed by atoms with Crippen LogP contribution >= 0.6 is 0 Å². The SMILES string of the molecule is Cc1ccc(C)c(OCCCC#N)c1C. The lowest BCUT2D eigenvalue weighted by molar-refractivity contribution is 0.308. The van der Waals surface area contributed by atoms with Crippen LogP contribution in [0.5, 0.6) is 5.75 Å². The van der Waals surface area contributed by atoms with Gasteiger partial charge in [-0.15, -0.1) is 0 Å². The van der Waals surface area contributed by atoms with Gasteiger partial charge in [0.2, 0.25) is 0 Å². The van der Waals surface area contributed by atoms with Gasteiger partial charge in [0.1, 0.15) is 5.75 Å². The fourth-order valence-corrected chi connectivity index (χ4v) is 1.47. The maximum atomic E-state index is 8.41. The first-order chi connectivity index (χ1) is 7.16. The molecule has 0 unspecified atom stereocenters. The van der Waals surface area contributed by atoms with Gasteiger partial charge in [-0.1, -0.05) is 12.1 Å². The average molecular weight is 203 g/mol. The Labute approximate surface area is 91.5 Å². The predicted molar refractivity (Wildman–Crippen MR) is 61.0 cm³/mol. The van der Waals surface area contributed by atoms with Crippen LogP contribution in [0.25, 0.3) is 0 Å². The number of hydrogen-bond donors (Lipinski definition) is 0. The minimum Gasteiger partial charge on any atom is -0.493 e. The third-order valence-electron chi connectivity index (χ3n) is 2.55. The van der Waals surface area contributed by atoms with Gasteiger partial charge in [0.25, 0.3) is 0 Å². The molecule has 1 aromatic carbocycles. The molecule has 2 nitrogen and oxygen atoms in total. The van der Waals surface area contributed by atoms with Gasteiger partial charge in [-0.05, 0) is 43.9 Å². The number of rotatable bonds is 4.